The van der Waals surface area contributed by atoms with Gasteiger partial charge in [-0.15, -0.1) is 11.8 Å². The molecule has 1 N–H and O–H groups in total. The van der Waals surface area contributed by atoms with Gasteiger partial charge in [-0.1, -0.05) is 12.1 Å². The molecule has 0 radical (unpaired) electrons. The number of rotatable bonds is 6. The average Bonchev–Trinajstić information content (AvgIpc) is 2.99. The molecule has 0 fully saturated rings. The van der Waals surface area contributed by atoms with Gasteiger partial charge in [0.05, 0.1) is 18.1 Å². The van der Waals surface area contributed by atoms with E-state index in [0.29, 0.717) is 12.2 Å². The molecule has 3 rings (SSSR count). The van der Waals surface area contributed by atoms with Crippen LogP contribution in [0.4, 0.5) is 0 Å². The van der Waals surface area contributed by atoms with Crippen LogP contribution in [0, 0.1) is 0 Å². The molecule has 118 valence electrons. The van der Waals surface area contributed by atoms with Gasteiger partial charge >= 0.3 is 0 Å². The van der Waals surface area contributed by atoms with Crippen molar-refractivity contribution in [3.63, 3.8) is 0 Å². The van der Waals surface area contributed by atoms with Gasteiger partial charge in [0.25, 0.3) is 0 Å². The predicted molar refractivity (Wildman–Crippen MR) is 92.4 cm³/mol. The Kier molecular flexibility index (Phi) is 4.83. The lowest BCUT2D eigenvalue weighted by Crippen LogP contribution is -2.22. The van der Waals surface area contributed by atoms with Crippen molar-refractivity contribution >= 4 is 28.7 Å². The van der Waals surface area contributed by atoms with E-state index in [1.165, 1.54) is 0 Å². The molecule has 1 amide bonds. The summed E-state index contributed by atoms with van der Waals surface area (Å²) in [7, 11) is 1.65. The van der Waals surface area contributed by atoms with E-state index < -0.39 is 0 Å². The Bertz CT molecular complexity index is 799. The second-order valence-electron chi connectivity index (χ2n) is 4.91. The lowest BCUT2D eigenvalue weighted by molar-refractivity contribution is -0.116. The molecule has 0 bridgehead atoms. The fraction of sp³-hybridized carbons (Fsp3) is 0.176. The van der Waals surface area contributed by atoms with Crippen molar-refractivity contribution in [2.45, 2.75) is 11.3 Å². The van der Waals surface area contributed by atoms with Crippen molar-refractivity contribution in [3.05, 3.63) is 54.9 Å². The van der Waals surface area contributed by atoms with Gasteiger partial charge in [0, 0.05) is 17.1 Å². The Morgan fingerprint density at radius 2 is 2.00 bits per heavy atom. The van der Waals surface area contributed by atoms with Crippen LogP contribution in [-0.4, -0.2) is 28.4 Å². The van der Waals surface area contributed by atoms with E-state index in [1.54, 1.807) is 29.9 Å². The molecule has 6 heteroatoms. The third-order valence-electron chi connectivity index (χ3n) is 3.36. The van der Waals surface area contributed by atoms with Crippen LogP contribution in [-0.2, 0) is 4.79 Å². The van der Waals surface area contributed by atoms with Crippen molar-refractivity contribution in [1.29, 1.82) is 0 Å². The van der Waals surface area contributed by atoms with Crippen molar-refractivity contribution < 1.29 is 9.53 Å². The summed E-state index contributed by atoms with van der Waals surface area (Å²) in [5, 5.41) is 0. The van der Waals surface area contributed by atoms with Gasteiger partial charge in [-0.25, -0.2) is 9.66 Å². The Morgan fingerprint density at radius 3 is 2.78 bits per heavy atom. The maximum atomic E-state index is 12.1. The maximum absolute atomic E-state index is 12.1. The number of hydrogen-bond donors (Lipinski definition) is 1. The number of fused-ring (bicyclic) bond motifs is 1. The van der Waals surface area contributed by atoms with Crippen LogP contribution < -0.4 is 10.2 Å². The number of nitrogens with one attached hydrogen (secondary N) is 1. The van der Waals surface area contributed by atoms with Gasteiger partial charge in [-0.3, -0.25) is 10.2 Å². The van der Waals surface area contributed by atoms with Gasteiger partial charge in [0.1, 0.15) is 12.1 Å². The summed E-state index contributed by atoms with van der Waals surface area (Å²) in [5.41, 5.74) is 4.61. The molecule has 1 heterocycles. The van der Waals surface area contributed by atoms with Gasteiger partial charge in [-0.2, -0.15) is 0 Å². The molecular weight excluding hydrogens is 310 g/mol. The van der Waals surface area contributed by atoms with Crippen molar-refractivity contribution in [1.82, 2.24) is 9.66 Å². The number of nitrogens with zero attached hydrogens (tertiary/aromatic N) is 2. The van der Waals surface area contributed by atoms with Crippen LogP contribution in [0.1, 0.15) is 6.42 Å². The van der Waals surface area contributed by atoms with E-state index in [-0.39, 0.29) is 5.91 Å². The molecule has 0 aliphatic heterocycles. The first-order valence-corrected chi connectivity index (χ1v) is 8.23. The first-order valence-electron chi connectivity index (χ1n) is 7.25. The summed E-state index contributed by atoms with van der Waals surface area (Å²) in [6.07, 6.45) is 2.06. The Labute approximate surface area is 138 Å². The maximum Gasteiger partial charge on any atom is 0.239 e. The second-order valence-corrected chi connectivity index (χ2v) is 6.08. The van der Waals surface area contributed by atoms with E-state index in [4.69, 9.17) is 4.74 Å². The molecule has 2 aromatic carbocycles. The number of benzene rings is 2. The van der Waals surface area contributed by atoms with Crippen LogP contribution in [0.3, 0.4) is 0 Å². The van der Waals surface area contributed by atoms with E-state index in [0.717, 1.165) is 21.7 Å². The number of ether oxygens (including phenoxy) is 1. The van der Waals surface area contributed by atoms with Crippen LogP contribution in [0.5, 0.6) is 5.75 Å². The number of thioether (sulfide) groups is 1. The Hall–Kier alpha value is -2.47. The average molecular weight is 327 g/mol. The zero-order chi connectivity index (χ0) is 16.1. The molecule has 5 nitrogen and oxygen atoms in total. The standard InChI is InChI=1S/C17H17N3O2S/c1-22-13-6-8-14(9-7-13)23-11-10-17(21)19-20-12-18-15-4-2-3-5-16(15)20/h2-9,12H,10-11H2,1H3,(H,19,21). The Balaban J connectivity index is 1.51. The van der Waals surface area contributed by atoms with Gasteiger partial charge in [0.2, 0.25) is 5.91 Å². The minimum Gasteiger partial charge on any atom is -0.497 e. The lowest BCUT2D eigenvalue weighted by atomic mass is 10.3. The van der Waals surface area contributed by atoms with Gasteiger partial charge in [-0.05, 0) is 36.4 Å². The third kappa shape index (κ3) is 3.84. The topological polar surface area (TPSA) is 56.1 Å². The summed E-state index contributed by atoms with van der Waals surface area (Å²) >= 11 is 1.64. The van der Waals surface area contributed by atoms with Gasteiger partial charge < -0.3 is 4.74 Å². The fourth-order valence-corrected chi connectivity index (χ4v) is 3.02. The predicted octanol–water partition coefficient (Wildman–Crippen LogP) is 3.30. The molecule has 0 aliphatic rings. The number of imidazole rings is 1. The number of para-hydroxylation sites is 2. The molecule has 23 heavy (non-hydrogen) atoms. The summed E-state index contributed by atoms with van der Waals surface area (Å²) in [6.45, 7) is 0. The highest BCUT2D eigenvalue weighted by Crippen LogP contribution is 2.21. The third-order valence-corrected chi connectivity index (χ3v) is 4.37. The highest BCUT2D eigenvalue weighted by Gasteiger charge is 2.06. The zero-order valence-electron chi connectivity index (χ0n) is 12.7. The molecule has 0 atom stereocenters. The minimum atomic E-state index is -0.0332. The van der Waals surface area contributed by atoms with Crippen molar-refractivity contribution in [3.8, 4) is 5.75 Å². The number of aromatic nitrogens is 2. The number of hydrogen-bond acceptors (Lipinski definition) is 4. The van der Waals surface area contributed by atoms with Crippen LogP contribution >= 0.6 is 11.8 Å². The monoisotopic (exact) mass is 327 g/mol. The zero-order valence-corrected chi connectivity index (χ0v) is 13.5. The SMILES string of the molecule is COc1ccc(SCCC(=O)Nn2cnc3ccccc32)cc1. The molecule has 3 aromatic rings. The number of methoxy groups -OCH3 is 1. The summed E-state index contributed by atoms with van der Waals surface area (Å²) in [6, 6.07) is 15.5. The first kappa shape index (κ1) is 15.4. The van der Waals surface area contributed by atoms with Crippen LogP contribution in [0.25, 0.3) is 11.0 Å². The lowest BCUT2D eigenvalue weighted by Gasteiger charge is -2.07. The van der Waals surface area contributed by atoms with Gasteiger partial charge in [0.15, 0.2) is 0 Å². The van der Waals surface area contributed by atoms with E-state index in [2.05, 4.69) is 10.4 Å². The van der Waals surface area contributed by atoms with Crippen LogP contribution in [0.2, 0.25) is 0 Å². The fourth-order valence-electron chi connectivity index (χ4n) is 2.17. The number of carbonyl (C=O) groups excluding carboxylic acids is 1. The van der Waals surface area contributed by atoms with E-state index in [9.17, 15) is 4.79 Å². The number of carbonyl (C=O) groups is 1. The molecule has 0 unspecified atom stereocenters. The normalized spacial score (nSPS) is 10.7. The molecule has 0 aliphatic carbocycles. The number of amides is 1. The Morgan fingerprint density at radius 1 is 1.22 bits per heavy atom. The first-order chi connectivity index (χ1) is 11.3. The van der Waals surface area contributed by atoms with E-state index >= 15 is 0 Å². The summed E-state index contributed by atoms with van der Waals surface area (Å²) in [4.78, 5) is 17.4. The quantitative estimate of drug-likeness (QED) is 0.706. The summed E-state index contributed by atoms with van der Waals surface area (Å²) in [5.74, 6) is 1.51. The summed E-state index contributed by atoms with van der Waals surface area (Å²) < 4.78 is 6.79. The molecule has 0 spiro atoms. The van der Waals surface area contributed by atoms with E-state index in [1.807, 2.05) is 48.5 Å². The molecular formula is C17H17N3O2S. The molecule has 0 saturated heterocycles. The molecule has 1 aromatic heterocycles. The van der Waals surface area contributed by atoms with Crippen molar-refractivity contribution in [2.75, 3.05) is 18.3 Å². The second kappa shape index (κ2) is 7.19. The minimum absolute atomic E-state index is 0.0332. The highest BCUT2D eigenvalue weighted by atomic mass is 32.2. The highest BCUT2D eigenvalue weighted by molar-refractivity contribution is 7.99. The smallest absolute Gasteiger partial charge is 0.239 e. The van der Waals surface area contributed by atoms with Crippen LogP contribution in [0.15, 0.2) is 59.8 Å². The molecule has 0 saturated carbocycles. The largest absolute Gasteiger partial charge is 0.497 e. The van der Waals surface area contributed by atoms with Crippen molar-refractivity contribution in [2.24, 2.45) is 0 Å².